The van der Waals surface area contributed by atoms with Crippen LogP contribution in [0.15, 0.2) is 77.7 Å². The van der Waals surface area contributed by atoms with E-state index in [1.54, 1.807) is 35.2 Å². The Kier molecular flexibility index (Phi) is 9.25. The fourth-order valence-corrected chi connectivity index (χ4v) is 4.00. The summed E-state index contributed by atoms with van der Waals surface area (Å²) in [6.07, 6.45) is -5.57. The second kappa shape index (κ2) is 12.0. The van der Waals surface area contributed by atoms with Crippen molar-refractivity contribution in [2.45, 2.75) is 43.3 Å². The minimum atomic E-state index is -4.84. The first-order valence-corrected chi connectivity index (χ1v) is 12.0. The Morgan fingerprint density at radius 2 is 1.46 bits per heavy atom. The van der Waals surface area contributed by atoms with E-state index in [1.165, 1.54) is 30.3 Å². The van der Waals surface area contributed by atoms with E-state index >= 15 is 0 Å². The summed E-state index contributed by atoms with van der Waals surface area (Å²) >= 11 is -0.204. The molecule has 0 aliphatic rings. The summed E-state index contributed by atoms with van der Waals surface area (Å²) in [5, 5.41) is 10.5. The monoisotopic (exact) mass is 545 g/mol. The maximum atomic E-state index is 12.8. The maximum Gasteiger partial charge on any atom is 0.573 e. The van der Waals surface area contributed by atoms with E-state index in [9.17, 15) is 31.4 Å². The minimum Gasteiger partial charge on any atom is -0.457 e. The van der Waals surface area contributed by atoms with Crippen LogP contribution in [0, 0.1) is 5.92 Å². The van der Waals surface area contributed by atoms with Crippen molar-refractivity contribution < 1.29 is 40.9 Å². The van der Waals surface area contributed by atoms with Gasteiger partial charge in [0, 0.05) is 35.8 Å². The highest BCUT2D eigenvalue weighted by atomic mass is 32.2. The first kappa shape index (κ1) is 28.5. The standard InChI is InChI=1S/C26H25F6NO3S/c1-17(2)24(34)16-33(15-18-6-3-11-23(12-18)37-26(30,31)32)19-7-4-8-20(13-19)35-21-9-5-10-22(14-21)36-25(27,28)29/h3-14,17,24,34H,15-16H2,1-2H3. The highest BCUT2D eigenvalue weighted by Crippen LogP contribution is 2.37. The first-order chi connectivity index (χ1) is 17.3. The second-order valence-electron chi connectivity index (χ2n) is 8.51. The van der Waals surface area contributed by atoms with E-state index in [0.717, 1.165) is 12.1 Å². The number of hydrogen-bond acceptors (Lipinski definition) is 5. The van der Waals surface area contributed by atoms with Crippen molar-refractivity contribution in [3.05, 3.63) is 78.4 Å². The molecule has 0 aliphatic heterocycles. The number of nitrogens with zero attached hydrogens (tertiary/aromatic N) is 1. The number of aliphatic hydroxyl groups excluding tert-OH is 1. The lowest BCUT2D eigenvalue weighted by molar-refractivity contribution is -0.274. The van der Waals surface area contributed by atoms with Crippen LogP contribution in [0.3, 0.4) is 0 Å². The van der Waals surface area contributed by atoms with Crippen LogP contribution in [0.25, 0.3) is 0 Å². The molecule has 0 bridgehead atoms. The number of benzene rings is 3. The second-order valence-corrected chi connectivity index (χ2v) is 9.65. The molecule has 1 N–H and O–H groups in total. The topological polar surface area (TPSA) is 41.9 Å². The molecule has 0 heterocycles. The average molecular weight is 546 g/mol. The van der Waals surface area contributed by atoms with Gasteiger partial charge in [0.15, 0.2) is 0 Å². The number of halogens is 6. The third kappa shape index (κ3) is 9.73. The van der Waals surface area contributed by atoms with E-state index in [1.807, 2.05) is 13.8 Å². The van der Waals surface area contributed by atoms with Gasteiger partial charge in [-0.2, -0.15) is 13.2 Å². The number of alkyl halides is 6. The molecule has 0 amide bonds. The number of hydrogen-bond donors (Lipinski definition) is 1. The molecular weight excluding hydrogens is 520 g/mol. The summed E-state index contributed by atoms with van der Waals surface area (Å²) in [4.78, 5) is 1.85. The van der Waals surface area contributed by atoms with Crippen LogP contribution in [0.2, 0.25) is 0 Å². The van der Waals surface area contributed by atoms with Crippen LogP contribution < -0.4 is 14.4 Å². The van der Waals surface area contributed by atoms with Crippen LogP contribution in [-0.2, 0) is 6.54 Å². The van der Waals surface area contributed by atoms with Crippen LogP contribution in [-0.4, -0.2) is 29.6 Å². The molecule has 0 fully saturated rings. The number of aliphatic hydroxyl groups is 1. The van der Waals surface area contributed by atoms with Gasteiger partial charge >= 0.3 is 11.9 Å². The largest absolute Gasteiger partial charge is 0.573 e. The van der Waals surface area contributed by atoms with Gasteiger partial charge in [-0.3, -0.25) is 0 Å². The van der Waals surface area contributed by atoms with Crippen molar-refractivity contribution in [1.82, 2.24) is 0 Å². The molecule has 200 valence electrons. The fourth-order valence-electron chi connectivity index (χ4n) is 3.37. The smallest absolute Gasteiger partial charge is 0.457 e. The van der Waals surface area contributed by atoms with Gasteiger partial charge in [0.05, 0.1) is 6.10 Å². The first-order valence-electron chi connectivity index (χ1n) is 11.2. The van der Waals surface area contributed by atoms with E-state index in [0.29, 0.717) is 17.0 Å². The molecule has 0 radical (unpaired) electrons. The molecule has 0 aliphatic carbocycles. The third-order valence-electron chi connectivity index (χ3n) is 5.14. The van der Waals surface area contributed by atoms with Crippen molar-refractivity contribution in [3.63, 3.8) is 0 Å². The molecule has 1 unspecified atom stereocenters. The quantitative estimate of drug-likeness (QED) is 0.206. The molecule has 37 heavy (non-hydrogen) atoms. The van der Waals surface area contributed by atoms with Gasteiger partial charge in [0.25, 0.3) is 0 Å². The zero-order valence-corrected chi connectivity index (χ0v) is 20.7. The lowest BCUT2D eigenvalue weighted by Crippen LogP contribution is -2.34. The molecule has 11 heteroatoms. The van der Waals surface area contributed by atoms with Crippen molar-refractivity contribution in [1.29, 1.82) is 0 Å². The van der Waals surface area contributed by atoms with Crippen LogP contribution >= 0.6 is 11.8 Å². The average Bonchev–Trinajstić information content (AvgIpc) is 2.77. The van der Waals surface area contributed by atoms with Gasteiger partial charge in [0.1, 0.15) is 17.2 Å². The van der Waals surface area contributed by atoms with Crippen molar-refractivity contribution >= 4 is 17.4 Å². The Bertz CT molecular complexity index is 1170. The summed E-state index contributed by atoms with van der Waals surface area (Å²) in [5.74, 6) is -0.0820. The Labute approximate surface area is 214 Å². The van der Waals surface area contributed by atoms with Gasteiger partial charge in [-0.1, -0.05) is 38.1 Å². The van der Waals surface area contributed by atoms with Crippen LogP contribution in [0.4, 0.5) is 32.0 Å². The van der Waals surface area contributed by atoms with E-state index in [2.05, 4.69) is 4.74 Å². The van der Waals surface area contributed by atoms with Gasteiger partial charge in [-0.15, -0.1) is 13.2 Å². The summed E-state index contributed by atoms with van der Waals surface area (Å²) in [5.41, 5.74) is -3.21. The molecule has 3 aromatic rings. The molecule has 1 atom stereocenters. The van der Waals surface area contributed by atoms with Crippen molar-refractivity contribution in [3.8, 4) is 17.2 Å². The van der Waals surface area contributed by atoms with E-state index in [-0.39, 0.29) is 41.4 Å². The molecule has 0 spiro atoms. The van der Waals surface area contributed by atoms with Crippen molar-refractivity contribution in [2.75, 3.05) is 11.4 Å². The number of thioether (sulfide) groups is 1. The molecule has 4 nitrogen and oxygen atoms in total. The number of anilines is 1. The molecule has 3 aromatic carbocycles. The molecular formula is C26H25F6NO3S. The molecule has 0 saturated carbocycles. The highest BCUT2D eigenvalue weighted by Gasteiger charge is 2.31. The van der Waals surface area contributed by atoms with Gasteiger partial charge in [0.2, 0.25) is 0 Å². The lowest BCUT2D eigenvalue weighted by atomic mass is 10.1. The predicted molar refractivity (Wildman–Crippen MR) is 130 cm³/mol. The van der Waals surface area contributed by atoms with Crippen molar-refractivity contribution in [2.24, 2.45) is 5.92 Å². The maximum absolute atomic E-state index is 12.8. The zero-order valence-electron chi connectivity index (χ0n) is 19.9. The Morgan fingerprint density at radius 1 is 0.838 bits per heavy atom. The van der Waals surface area contributed by atoms with Crippen LogP contribution in [0.5, 0.6) is 17.2 Å². The Balaban J connectivity index is 1.85. The third-order valence-corrected chi connectivity index (χ3v) is 5.86. The Morgan fingerprint density at radius 3 is 2.11 bits per heavy atom. The summed E-state index contributed by atoms with van der Waals surface area (Å²) < 4.78 is 85.8. The summed E-state index contributed by atoms with van der Waals surface area (Å²) in [7, 11) is 0. The van der Waals surface area contributed by atoms with Gasteiger partial charge < -0.3 is 19.5 Å². The summed E-state index contributed by atoms with van der Waals surface area (Å²) in [6.45, 7) is 4.08. The highest BCUT2D eigenvalue weighted by molar-refractivity contribution is 8.00. The molecule has 3 rings (SSSR count). The van der Waals surface area contributed by atoms with Gasteiger partial charge in [-0.05, 0) is 59.6 Å². The molecule has 0 aromatic heterocycles. The normalized spacial score (nSPS) is 12.9. The fraction of sp³-hybridized carbons (Fsp3) is 0.308. The number of rotatable bonds is 10. The lowest BCUT2D eigenvalue weighted by Gasteiger charge is -2.29. The SMILES string of the molecule is CC(C)C(O)CN(Cc1cccc(SC(F)(F)F)c1)c1cccc(Oc2cccc(OC(F)(F)F)c2)c1. The van der Waals surface area contributed by atoms with E-state index in [4.69, 9.17) is 4.74 Å². The van der Waals surface area contributed by atoms with Crippen LogP contribution in [0.1, 0.15) is 19.4 Å². The summed E-state index contributed by atoms with van der Waals surface area (Å²) in [6, 6.07) is 17.8. The van der Waals surface area contributed by atoms with E-state index < -0.39 is 23.7 Å². The zero-order chi connectivity index (χ0) is 27.2. The predicted octanol–water partition coefficient (Wildman–Crippen LogP) is 8.01. The number of ether oxygens (including phenoxy) is 2. The Hall–Kier alpha value is -3.05. The van der Waals surface area contributed by atoms with Gasteiger partial charge in [-0.25, -0.2) is 0 Å². The molecule has 0 saturated heterocycles. The minimum absolute atomic E-state index is 0.0485.